The Hall–Kier alpha value is -1.26. The molecule has 2 aliphatic rings. The summed E-state index contributed by atoms with van der Waals surface area (Å²) >= 11 is 0. The van der Waals surface area contributed by atoms with E-state index in [1.54, 1.807) is 11.0 Å². The topological polar surface area (TPSA) is 126 Å². The van der Waals surface area contributed by atoms with Crippen molar-refractivity contribution in [3.8, 4) is 0 Å². The average molecular weight is 359 g/mol. The fourth-order valence-corrected chi connectivity index (χ4v) is 3.40. The second kappa shape index (κ2) is 6.14. The molecule has 0 saturated carbocycles. The molecular weight excluding hydrogens is 329 g/mol. The summed E-state index contributed by atoms with van der Waals surface area (Å²) in [7, 11) is -0.572. The SMILES string of the molecule is CC1(C)OB(C2=CC(N)(N)N(Cc3ccccc3)C(N)(N)C2)OC1(C)C. The van der Waals surface area contributed by atoms with E-state index in [0.29, 0.717) is 13.0 Å². The molecule has 0 atom stereocenters. The lowest BCUT2D eigenvalue weighted by atomic mass is 9.71. The maximum Gasteiger partial charge on any atom is 0.490 e. The molecule has 26 heavy (non-hydrogen) atoms. The Morgan fingerprint density at radius 1 is 0.962 bits per heavy atom. The van der Waals surface area contributed by atoms with Gasteiger partial charge in [-0.15, -0.1) is 0 Å². The lowest BCUT2D eigenvalue weighted by molar-refractivity contribution is -0.00542. The van der Waals surface area contributed by atoms with Crippen LogP contribution in [0.5, 0.6) is 0 Å². The van der Waals surface area contributed by atoms with Gasteiger partial charge < -0.3 is 20.8 Å². The number of hydrogen-bond acceptors (Lipinski definition) is 7. The molecule has 1 aromatic rings. The molecule has 2 heterocycles. The van der Waals surface area contributed by atoms with Gasteiger partial charge in [0.25, 0.3) is 0 Å². The summed E-state index contributed by atoms with van der Waals surface area (Å²) in [6.45, 7) is 8.42. The molecule has 3 rings (SSSR count). The highest BCUT2D eigenvalue weighted by atomic mass is 16.7. The van der Waals surface area contributed by atoms with Crippen LogP contribution in [0.15, 0.2) is 41.9 Å². The molecule has 7 nitrogen and oxygen atoms in total. The summed E-state index contributed by atoms with van der Waals surface area (Å²) in [6.07, 6.45) is 2.10. The molecule has 0 unspecified atom stereocenters. The van der Waals surface area contributed by atoms with E-state index in [0.717, 1.165) is 11.0 Å². The maximum absolute atomic E-state index is 6.43. The highest BCUT2D eigenvalue weighted by molar-refractivity contribution is 6.54. The van der Waals surface area contributed by atoms with Gasteiger partial charge in [-0.1, -0.05) is 30.3 Å². The fourth-order valence-electron chi connectivity index (χ4n) is 3.40. The molecule has 1 saturated heterocycles. The van der Waals surface area contributed by atoms with E-state index in [4.69, 9.17) is 32.2 Å². The van der Waals surface area contributed by atoms with Crippen LogP contribution in [0, 0.1) is 0 Å². The van der Waals surface area contributed by atoms with Crippen molar-refractivity contribution in [2.24, 2.45) is 22.9 Å². The summed E-state index contributed by atoms with van der Waals surface area (Å²) < 4.78 is 12.2. The zero-order valence-corrected chi connectivity index (χ0v) is 16.0. The smallest absolute Gasteiger partial charge is 0.400 e. The van der Waals surface area contributed by atoms with E-state index in [9.17, 15) is 0 Å². The molecule has 0 aliphatic carbocycles. The minimum atomic E-state index is -1.32. The van der Waals surface area contributed by atoms with E-state index in [2.05, 4.69) is 0 Å². The van der Waals surface area contributed by atoms with Crippen molar-refractivity contribution in [3.63, 3.8) is 0 Å². The molecule has 8 heteroatoms. The van der Waals surface area contributed by atoms with Crippen LogP contribution in [0.1, 0.15) is 39.7 Å². The van der Waals surface area contributed by atoms with Gasteiger partial charge in [-0.25, -0.2) is 4.90 Å². The predicted octanol–water partition coefficient (Wildman–Crippen LogP) is 0.593. The number of benzene rings is 1. The van der Waals surface area contributed by atoms with Crippen LogP contribution < -0.4 is 22.9 Å². The van der Waals surface area contributed by atoms with Crippen LogP contribution in [0.3, 0.4) is 0 Å². The largest absolute Gasteiger partial charge is 0.490 e. The Morgan fingerprint density at radius 2 is 1.50 bits per heavy atom. The van der Waals surface area contributed by atoms with Gasteiger partial charge in [0, 0.05) is 13.0 Å². The van der Waals surface area contributed by atoms with Gasteiger partial charge in [0.05, 0.1) is 11.2 Å². The summed E-state index contributed by atoms with van der Waals surface area (Å²) in [5, 5.41) is 0. The number of rotatable bonds is 3. The number of nitrogens with zero attached hydrogens (tertiary/aromatic N) is 1. The van der Waals surface area contributed by atoms with Gasteiger partial charge in [0.2, 0.25) is 0 Å². The summed E-state index contributed by atoms with van der Waals surface area (Å²) in [5.74, 6) is -2.55. The molecule has 0 amide bonds. The van der Waals surface area contributed by atoms with E-state index in [-0.39, 0.29) is 0 Å². The van der Waals surface area contributed by atoms with Crippen molar-refractivity contribution in [1.29, 1.82) is 0 Å². The molecule has 0 aromatic heterocycles. The Labute approximate surface area is 155 Å². The molecule has 1 fully saturated rings. The third-order valence-electron chi connectivity index (χ3n) is 5.61. The van der Waals surface area contributed by atoms with Gasteiger partial charge in [-0.05, 0) is 44.8 Å². The normalized spacial score (nSPS) is 26.6. The van der Waals surface area contributed by atoms with Gasteiger partial charge in [0.15, 0.2) is 0 Å². The Kier molecular flexibility index (Phi) is 4.60. The molecule has 2 aliphatic heterocycles. The summed E-state index contributed by atoms with van der Waals surface area (Å²) in [5.41, 5.74) is 26.5. The maximum atomic E-state index is 6.43. The molecule has 1 aromatic carbocycles. The lowest BCUT2D eigenvalue weighted by Gasteiger charge is -2.50. The molecule has 142 valence electrons. The van der Waals surface area contributed by atoms with Gasteiger partial charge in [0.1, 0.15) is 11.6 Å². The van der Waals surface area contributed by atoms with Crippen molar-refractivity contribution in [2.45, 2.75) is 63.4 Å². The molecule has 0 radical (unpaired) electrons. The first-order valence-electron chi connectivity index (χ1n) is 8.89. The molecular formula is C18H30BN5O2. The molecule has 0 spiro atoms. The highest BCUT2D eigenvalue weighted by Crippen LogP contribution is 2.41. The third-order valence-corrected chi connectivity index (χ3v) is 5.61. The second-order valence-corrected chi connectivity index (χ2v) is 8.43. The van der Waals surface area contributed by atoms with Crippen LogP contribution in [-0.4, -0.2) is 34.8 Å². The first kappa shape index (κ1) is 19.5. The average Bonchev–Trinajstić information content (AvgIpc) is 2.72. The van der Waals surface area contributed by atoms with Gasteiger partial charge in [-0.2, -0.15) is 0 Å². The minimum Gasteiger partial charge on any atom is -0.400 e. The standard InChI is InChI=1S/C18H30BN5O2/c1-15(2)16(3,4)26-19(25-15)14-10-17(20,21)24(18(22,23)11-14)12-13-8-6-5-7-9-13/h5-10H,11-12,20-23H2,1-4H3. The summed E-state index contributed by atoms with van der Waals surface area (Å²) in [6, 6.07) is 9.83. The van der Waals surface area contributed by atoms with Gasteiger partial charge >= 0.3 is 7.12 Å². The zero-order chi connectivity index (χ0) is 19.4. The Morgan fingerprint density at radius 3 is 2.00 bits per heavy atom. The van der Waals surface area contributed by atoms with Crippen LogP contribution in [0.4, 0.5) is 0 Å². The van der Waals surface area contributed by atoms with E-state index in [1.165, 1.54) is 0 Å². The lowest BCUT2D eigenvalue weighted by Crippen LogP contribution is -2.77. The highest BCUT2D eigenvalue weighted by Gasteiger charge is 2.55. The quantitative estimate of drug-likeness (QED) is 0.460. The summed E-state index contributed by atoms with van der Waals surface area (Å²) in [4.78, 5) is 1.70. The van der Waals surface area contributed by atoms with E-state index >= 15 is 0 Å². The van der Waals surface area contributed by atoms with Gasteiger partial charge in [-0.3, -0.25) is 11.5 Å². The second-order valence-electron chi connectivity index (χ2n) is 8.43. The minimum absolute atomic E-state index is 0.340. The molecule has 0 bridgehead atoms. The van der Waals surface area contributed by atoms with Crippen molar-refractivity contribution in [3.05, 3.63) is 47.4 Å². The van der Waals surface area contributed by atoms with Crippen molar-refractivity contribution >= 4 is 7.12 Å². The third kappa shape index (κ3) is 3.46. The number of hydrogen-bond donors (Lipinski definition) is 4. The zero-order valence-electron chi connectivity index (χ0n) is 16.0. The van der Waals surface area contributed by atoms with Crippen LogP contribution in [0.25, 0.3) is 0 Å². The fraction of sp³-hybridized carbons (Fsp3) is 0.556. The van der Waals surface area contributed by atoms with E-state index in [1.807, 2.05) is 58.0 Å². The van der Waals surface area contributed by atoms with Crippen molar-refractivity contribution in [2.75, 3.05) is 0 Å². The van der Waals surface area contributed by atoms with Crippen molar-refractivity contribution < 1.29 is 9.31 Å². The van der Waals surface area contributed by atoms with Crippen LogP contribution in [-0.2, 0) is 15.9 Å². The first-order chi connectivity index (χ1) is 11.8. The number of nitrogens with two attached hydrogens (primary N) is 4. The monoisotopic (exact) mass is 359 g/mol. The van der Waals surface area contributed by atoms with Crippen LogP contribution in [0.2, 0.25) is 0 Å². The van der Waals surface area contributed by atoms with Crippen LogP contribution >= 0.6 is 0 Å². The first-order valence-corrected chi connectivity index (χ1v) is 8.89. The molecule has 8 N–H and O–H groups in total. The predicted molar refractivity (Wildman–Crippen MR) is 103 cm³/mol. The van der Waals surface area contributed by atoms with E-state index < -0.39 is 29.9 Å². The Balaban J connectivity index is 1.88. The Bertz CT molecular complexity index is 687. The van der Waals surface area contributed by atoms with Crippen molar-refractivity contribution in [1.82, 2.24) is 4.90 Å².